The van der Waals surface area contributed by atoms with Gasteiger partial charge in [-0.05, 0) is 29.0 Å². The minimum absolute atomic E-state index is 0.346. The van der Waals surface area contributed by atoms with Gasteiger partial charge in [0.25, 0.3) is 0 Å². The predicted molar refractivity (Wildman–Crippen MR) is 105 cm³/mol. The number of rotatable bonds is 4. The molecular formula is C23H20N2. The van der Waals surface area contributed by atoms with Gasteiger partial charge in [-0.2, -0.15) is 10.2 Å². The Labute approximate surface area is 148 Å². The maximum absolute atomic E-state index is 4.57. The Morgan fingerprint density at radius 2 is 1.24 bits per heavy atom. The fraction of sp³-hybridized carbons (Fsp3) is 0.130. The van der Waals surface area contributed by atoms with Gasteiger partial charge in [-0.25, -0.2) is 0 Å². The zero-order valence-electron chi connectivity index (χ0n) is 14.3. The third-order valence-corrected chi connectivity index (χ3v) is 4.53. The first-order chi connectivity index (χ1) is 12.3. The third kappa shape index (κ3) is 3.16. The monoisotopic (exact) mass is 324 g/mol. The molecule has 0 spiro atoms. The highest BCUT2D eigenvalue weighted by molar-refractivity contribution is 6.24. The van der Waals surface area contributed by atoms with Crippen LogP contribution in [-0.2, 0) is 6.42 Å². The summed E-state index contributed by atoms with van der Waals surface area (Å²) in [6, 6.07) is 27.3. The van der Waals surface area contributed by atoms with Crippen LogP contribution in [0.4, 0.5) is 0 Å². The van der Waals surface area contributed by atoms with E-state index >= 15 is 0 Å². The average Bonchev–Trinajstić information content (AvgIpc) is 2.97. The molecule has 25 heavy (non-hydrogen) atoms. The number of nitrogens with zero attached hydrogens (tertiary/aromatic N) is 2. The SMILES string of the molecule is C[C@H](/C=N\N=C1c2ccccc2-c2ccccc21)Cc1ccccc1. The van der Waals surface area contributed by atoms with Crippen LogP contribution in [0.1, 0.15) is 23.6 Å². The molecule has 1 aliphatic carbocycles. The fourth-order valence-electron chi connectivity index (χ4n) is 3.35. The van der Waals surface area contributed by atoms with E-state index in [1.807, 2.05) is 12.3 Å². The molecule has 0 heterocycles. The Morgan fingerprint density at radius 3 is 1.84 bits per heavy atom. The average molecular weight is 324 g/mol. The van der Waals surface area contributed by atoms with E-state index in [4.69, 9.17) is 0 Å². The molecule has 0 unspecified atom stereocenters. The second-order valence-electron chi connectivity index (χ2n) is 6.47. The minimum atomic E-state index is 0.346. The number of hydrogen-bond acceptors (Lipinski definition) is 2. The van der Waals surface area contributed by atoms with Crippen LogP contribution in [0.3, 0.4) is 0 Å². The maximum Gasteiger partial charge on any atom is 0.101 e. The Kier molecular flexibility index (Phi) is 4.26. The zero-order valence-corrected chi connectivity index (χ0v) is 14.3. The lowest BCUT2D eigenvalue weighted by Gasteiger charge is -2.04. The highest BCUT2D eigenvalue weighted by atomic mass is 15.2. The summed E-state index contributed by atoms with van der Waals surface area (Å²) in [7, 11) is 0. The van der Waals surface area contributed by atoms with Crippen molar-refractivity contribution in [1.29, 1.82) is 0 Å². The molecule has 3 aromatic carbocycles. The van der Waals surface area contributed by atoms with Crippen molar-refractivity contribution >= 4 is 11.9 Å². The number of fused-ring (bicyclic) bond motifs is 3. The summed E-state index contributed by atoms with van der Waals surface area (Å²) in [6.07, 6.45) is 2.92. The van der Waals surface area contributed by atoms with E-state index in [1.54, 1.807) is 0 Å². The van der Waals surface area contributed by atoms with E-state index in [-0.39, 0.29) is 0 Å². The van der Waals surface area contributed by atoms with Crippen molar-refractivity contribution in [3.8, 4) is 11.1 Å². The smallest absolute Gasteiger partial charge is 0.101 e. The second kappa shape index (κ2) is 6.86. The summed E-state index contributed by atoms with van der Waals surface area (Å²) in [5, 5.41) is 8.98. The van der Waals surface area contributed by atoms with Crippen LogP contribution >= 0.6 is 0 Å². The quantitative estimate of drug-likeness (QED) is 0.356. The summed E-state index contributed by atoms with van der Waals surface area (Å²) < 4.78 is 0. The van der Waals surface area contributed by atoms with Gasteiger partial charge in [-0.1, -0.05) is 85.8 Å². The van der Waals surface area contributed by atoms with E-state index in [9.17, 15) is 0 Å². The molecule has 3 aromatic rings. The summed E-state index contributed by atoms with van der Waals surface area (Å²) in [5.41, 5.74) is 7.10. The van der Waals surface area contributed by atoms with Gasteiger partial charge in [0.15, 0.2) is 0 Å². The molecule has 0 saturated heterocycles. The normalized spacial score (nSPS) is 13.6. The Balaban J connectivity index is 1.59. The number of benzene rings is 3. The van der Waals surface area contributed by atoms with E-state index in [1.165, 1.54) is 16.7 Å². The van der Waals surface area contributed by atoms with Crippen LogP contribution in [0.25, 0.3) is 11.1 Å². The third-order valence-electron chi connectivity index (χ3n) is 4.53. The van der Waals surface area contributed by atoms with Crippen LogP contribution in [0.15, 0.2) is 89.1 Å². The molecular weight excluding hydrogens is 304 g/mol. The standard InChI is InChI=1S/C23H20N2/c1-17(15-18-9-3-2-4-10-18)16-24-25-23-21-13-7-5-11-19(21)20-12-6-8-14-22(20)23/h2-14,16-17H,15H2,1H3/b24-16-/t17-/m0/s1. The van der Waals surface area contributed by atoms with Gasteiger partial charge in [0.1, 0.15) is 5.71 Å². The van der Waals surface area contributed by atoms with Crippen LogP contribution < -0.4 is 0 Å². The lowest BCUT2D eigenvalue weighted by Crippen LogP contribution is -2.01. The first-order valence-corrected chi connectivity index (χ1v) is 8.67. The maximum atomic E-state index is 4.57. The second-order valence-corrected chi connectivity index (χ2v) is 6.47. The zero-order chi connectivity index (χ0) is 17.1. The van der Waals surface area contributed by atoms with Crippen LogP contribution in [-0.4, -0.2) is 11.9 Å². The van der Waals surface area contributed by atoms with E-state index in [0.29, 0.717) is 5.92 Å². The molecule has 4 rings (SSSR count). The van der Waals surface area contributed by atoms with Crippen molar-refractivity contribution in [3.05, 3.63) is 95.6 Å². The highest BCUT2D eigenvalue weighted by Gasteiger charge is 2.23. The topological polar surface area (TPSA) is 24.7 Å². The van der Waals surface area contributed by atoms with Crippen molar-refractivity contribution in [2.24, 2.45) is 16.1 Å². The van der Waals surface area contributed by atoms with Gasteiger partial charge in [0.2, 0.25) is 0 Å². The molecule has 0 amide bonds. The van der Waals surface area contributed by atoms with Crippen LogP contribution in [0.5, 0.6) is 0 Å². The lowest BCUT2D eigenvalue weighted by atomic mass is 10.0. The molecule has 2 nitrogen and oxygen atoms in total. The Morgan fingerprint density at radius 1 is 0.720 bits per heavy atom. The van der Waals surface area contributed by atoms with Crippen molar-refractivity contribution in [1.82, 2.24) is 0 Å². The van der Waals surface area contributed by atoms with E-state index in [2.05, 4.69) is 89.9 Å². The fourth-order valence-corrected chi connectivity index (χ4v) is 3.35. The van der Waals surface area contributed by atoms with Gasteiger partial charge in [0.05, 0.1) is 0 Å². The van der Waals surface area contributed by atoms with Gasteiger partial charge in [-0.3, -0.25) is 0 Å². The summed E-state index contributed by atoms with van der Waals surface area (Å²) in [5.74, 6) is 0.346. The summed E-state index contributed by atoms with van der Waals surface area (Å²) in [4.78, 5) is 0. The van der Waals surface area contributed by atoms with Crippen molar-refractivity contribution in [2.75, 3.05) is 0 Å². The molecule has 0 N–H and O–H groups in total. The molecule has 0 aromatic heterocycles. The van der Waals surface area contributed by atoms with Crippen LogP contribution in [0, 0.1) is 5.92 Å². The van der Waals surface area contributed by atoms with Crippen molar-refractivity contribution < 1.29 is 0 Å². The first-order valence-electron chi connectivity index (χ1n) is 8.67. The molecule has 0 radical (unpaired) electrons. The van der Waals surface area contributed by atoms with Gasteiger partial charge >= 0.3 is 0 Å². The largest absolute Gasteiger partial charge is 0.163 e. The van der Waals surface area contributed by atoms with Crippen molar-refractivity contribution in [3.63, 3.8) is 0 Å². The van der Waals surface area contributed by atoms with Gasteiger partial charge < -0.3 is 0 Å². The molecule has 0 fully saturated rings. The molecule has 0 saturated carbocycles. The molecule has 2 heteroatoms. The van der Waals surface area contributed by atoms with Gasteiger partial charge in [-0.15, -0.1) is 0 Å². The Hall–Kier alpha value is -3.00. The lowest BCUT2D eigenvalue weighted by molar-refractivity contribution is 0.780. The Bertz CT molecular complexity index is 892. The predicted octanol–water partition coefficient (Wildman–Crippen LogP) is 5.37. The number of hydrogen-bond donors (Lipinski definition) is 0. The van der Waals surface area contributed by atoms with Crippen LogP contribution in [0.2, 0.25) is 0 Å². The first kappa shape index (κ1) is 15.5. The van der Waals surface area contributed by atoms with Gasteiger partial charge in [0, 0.05) is 17.3 Å². The molecule has 1 atom stereocenters. The van der Waals surface area contributed by atoms with Crippen molar-refractivity contribution in [2.45, 2.75) is 13.3 Å². The highest BCUT2D eigenvalue weighted by Crippen LogP contribution is 2.36. The summed E-state index contributed by atoms with van der Waals surface area (Å²) >= 11 is 0. The molecule has 0 aliphatic heterocycles. The molecule has 1 aliphatic rings. The summed E-state index contributed by atoms with van der Waals surface area (Å²) in [6.45, 7) is 2.17. The molecule has 122 valence electrons. The van der Waals surface area contributed by atoms with E-state index < -0.39 is 0 Å². The van der Waals surface area contributed by atoms with E-state index in [0.717, 1.165) is 23.3 Å². The minimum Gasteiger partial charge on any atom is -0.163 e. The molecule has 0 bridgehead atoms.